The van der Waals surface area contributed by atoms with Gasteiger partial charge >= 0.3 is 12.1 Å². The predicted molar refractivity (Wildman–Crippen MR) is 164 cm³/mol. The van der Waals surface area contributed by atoms with Crippen LogP contribution in [0.4, 0.5) is 4.79 Å². The van der Waals surface area contributed by atoms with E-state index in [9.17, 15) is 24.3 Å². The molecule has 5 rings (SSSR count). The second-order valence-corrected chi connectivity index (χ2v) is 16.3. The van der Waals surface area contributed by atoms with E-state index in [1.54, 1.807) is 20.8 Å². The van der Waals surface area contributed by atoms with Crippen LogP contribution in [0.15, 0.2) is 12.2 Å². The van der Waals surface area contributed by atoms with E-state index in [2.05, 4.69) is 42.9 Å². The van der Waals surface area contributed by atoms with Crippen molar-refractivity contribution in [1.82, 2.24) is 37.0 Å². The van der Waals surface area contributed by atoms with Crippen LogP contribution in [0.1, 0.15) is 78.6 Å². The summed E-state index contributed by atoms with van der Waals surface area (Å²) in [5, 5.41) is 17.8. The first-order valence-corrected chi connectivity index (χ1v) is 17.1. The first kappa shape index (κ1) is 32.5. The molecule has 13 nitrogen and oxygen atoms in total. The molecule has 0 aromatic heterocycles. The van der Waals surface area contributed by atoms with E-state index in [1.807, 2.05) is 29.0 Å². The fraction of sp³-hybridized carbons (Fsp3) is 0.786. The smallest absolute Gasteiger partial charge is 0.408 e. The number of rotatable bonds is 4. The summed E-state index contributed by atoms with van der Waals surface area (Å²) in [5.74, 6) is -2.26. The lowest BCUT2D eigenvalue weighted by Gasteiger charge is -2.30. The molecule has 3 amide bonds. The van der Waals surface area contributed by atoms with Crippen LogP contribution in [-0.4, -0.2) is 90.4 Å². The summed E-state index contributed by atoms with van der Waals surface area (Å²) in [4.78, 5) is 54.6. The molecule has 5 aliphatic rings. The molecule has 4 aliphatic heterocycles. The number of ether oxygens (including phenoxy) is 1. The third-order valence-electron chi connectivity index (χ3n) is 8.68. The molecule has 0 aromatic rings. The molecule has 0 bridgehead atoms. The highest BCUT2D eigenvalue weighted by atomic mass is 79.9. The van der Waals surface area contributed by atoms with Crippen molar-refractivity contribution in [2.45, 2.75) is 123 Å². The molecule has 43 heavy (non-hydrogen) atoms. The van der Waals surface area contributed by atoms with Crippen molar-refractivity contribution in [3.63, 3.8) is 0 Å². The summed E-state index contributed by atoms with van der Waals surface area (Å²) in [6.45, 7) is 5.48. The van der Waals surface area contributed by atoms with Crippen LogP contribution in [0.2, 0.25) is 0 Å². The van der Waals surface area contributed by atoms with Crippen molar-refractivity contribution in [3.05, 3.63) is 12.2 Å². The molecule has 6 N–H and O–H groups in total. The molecule has 240 valence electrons. The van der Waals surface area contributed by atoms with Gasteiger partial charge in [-0.25, -0.2) is 20.4 Å². The van der Waals surface area contributed by atoms with Gasteiger partial charge in [0.2, 0.25) is 11.8 Å². The molecule has 8 atom stereocenters. The number of carboxylic acids is 1. The van der Waals surface area contributed by atoms with E-state index in [0.29, 0.717) is 28.7 Å². The summed E-state index contributed by atoms with van der Waals surface area (Å²) in [7, 11) is 0. The SMILES string of the molecule is CC(C)(C)OC(=O)N[C@H]1CCCCC/C=C\[C@@H]2C[C@@]2(C(=O)O)NC(=O)[C@@H]2C[C@@H](N3NNC(C4CCC(Br)S4)N3)CN2C1=O. The largest absolute Gasteiger partial charge is 0.479 e. The number of thioether (sulfide) groups is 1. The van der Waals surface area contributed by atoms with Crippen molar-refractivity contribution >= 4 is 51.6 Å². The van der Waals surface area contributed by atoms with Gasteiger partial charge in [-0.3, -0.25) is 9.59 Å². The van der Waals surface area contributed by atoms with Gasteiger partial charge in [0.15, 0.2) is 0 Å². The maximum absolute atomic E-state index is 14.2. The molecule has 3 saturated heterocycles. The number of alkyl halides is 1. The number of aliphatic carboxylic acids is 1. The van der Waals surface area contributed by atoms with Crippen molar-refractivity contribution < 1.29 is 29.0 Å². The summed E-state index contributed by atoms with van der Waals surface area (Å²) in [5.41, 5.74) is 7.79. The number of amides is 3. The summed E-state index contributed by atoms with van der Waals surface area (Å²) in [6.07, 6.45) is 9.41. The number of fused-ring (bicyclic) bond motifs is 2. The van der Waals surface area contributed by atoms with Crippen LogP contribution >= 0.6 is 27.7 Å². The monoisotopic (exact) mass is 685 g/mol. The molecule has 1 saturated carbocycles. The molecule has 0 aromatic carbocycles. The Morgan fingerprint density at radius 1 is 1.19 bits per heavy atom. The molecular formula is C28H44BrN7O6S. The maximum Gasteiger partial charge on any atom is 0.408 e. The molecule has 0 spiro atoms. The Labute approximate surface area is 265 Å². The van der Waals surface area contributed by atoms with Crippen molar-refractivity contribution in [2.75, 3.05) is 6.54 Å². The number of carboxylic acid groups (broad SMARTS) is 1. The zero-order valence-corrected chi connectivity index (χ0v) is 27.3. The lowest BCUT2D eigenvalue weighted by atomic mass is 10.0. The minimum atomic E-state index is -1.38. The predicted octanol–water partition coefficient (Wildman–Crippen LogP) is 2.10. The first-order valence-electron chi connectivity index (χ1n) is 15.2. The Kier molecular flexibility index (Phi) is 9.98. The number of hydrazine groups is 3. The molecule has 1 aliphatic carbocycles. The average molecular weight is 687 g/mol. The van der Waals surface area contributed by atoms with Crippen LogP contribution in [-0.2, 0) is 19.1 Å². The van der Waals surface area contributed by atoms with Crippen LogP contribution < -0.4 is 27.0 Å². The van der Waals surface area contributed by atoms with Gasteiger partial charge in [0.1, 0.15) is 23.2 Å². The molecule has 4 fully saturated rings. The first-order chi connectivity index (χ1) is 20.4. The highest BCUT2D eigenvalue weighted by Gasteiger charge is 2.61. The normalized spacial score (nSPS) is 38.3. The Hall–Kier alpha value is -1.91. The van der Waals surface area contributed by atoms with E-state index in [-0.39, 0.29) is 37.0 Å². The zero-order chi connectivity index (χ0) is 30.9. The van der Waals surface area contributed by atoms with Gasteiger partial charge in [-0.15, -0.1) is 11.8 Å². The van der Waals surface area contributed by atoms with Crippen LogP contribution in [0.25, 0.3) is 0 Å². The number of allylic oxidation sites excluding steroid dienone is 1. The Bertz CT molecular complexity index is 1120. The molecule has 15 heteroatoms. The molecule has 3 unspecified atom stereocenters. The van der Waals surface area contributed by atoms with E-state index in [4.69, 9.17) is 4.74 Å². The van der Waals surface area contributed by atoms with E-state index < -0.39 is 41.2 Å². The van der Waals surface area contributed by atoms with Gasteiger partial charge in [-0.05, 0) is 65.7 Å². The van der Waals surface area contributed by atoms with Gasteiger partial charge in [0, 0.05) is 17.7 Å². The third kappa shape index (κ3) is 7.67. The molecule has 0 radical (unpaired) electrons. The van der Waals surface area contributed by atoms with Gasteiger partial charge in [0.05, 0.1) is 16.4 Å². The standard InChI is InChI=1S/C28H44BrN7O6S/c1-27(2,3)42-26(41)30-18-10-8-6-4-5-7-9-16-14-28(16,25(39)40)31-23(37)19-13-17(15-35(19)24(18)38)36-33-22(32-34-36)20-11-12-21(29)43-20/h7,9,16-22,32-34H,4-6,8,10-15H2,1-3H3,(H,30,41)(H,31,37)(H,39,40)/b9-7-/t16-,17-,18+,19+,20?,21?,22?,28-/m1/s1. The quantitative estimate of drug-likeness (QED) is 0.190. The summed E-state index contributed by atoms with van der Waals surface area (Å²) < 4.78 is 5.86. The average Bonchev–Trinajstić information content (AvgIpc) is 3.35. The molecular weight excluding hydrogens is 642 g/mol. The van der Waals surface area contributed by atoms with Gasteiger partial charge in [-0.2, -0.15) is 10.7 Å². The minimum absolute atomic E-state index is 0.0361. The number of carbonyl (C=O) groups is 4. The van der Waals surface area contributed by atoms with Crippen LogP contribution in [0.5, 0.6) is 0 Å². The second kappa shape index (κ2) is 13.2. The summed E-state index contributed by atoms with van der Waals surface area (Å²) in [6, 6.07) is -2.09. The van der Waals surface area contributed by atoms with Crippen molar-refractivity contribution in [2.24, 2.45) is 5.92 Å². The number of carbonyl (C=O) groups excluding carboxylic acids is 3. The Morgan fingerprint density at radius 3 is 2.67 bits per heavy atom. The maximum atomic E-state index is 14.2. The van der Waals surface area contributed by atoms with E-state index in [0.717, 1.165) is 32.1 Å². The van der Waals surface area contributed by atoms with Crippen LogP contribution in [0.3, 0.4) is 0 Å². The number of alkyl carbamates (subject to hydrolysis) is 1. The fourth-order valence-corrected chi connectivity index (χ4v) is 8.61. The number of halogens is 1. The summed E-state index contributed by atoms with van der Waals surface area (Å²) >= 11 is 5.52. The van der Waals surface area contributed by atoms with Gasteiger partial charge < -0.3 is 25.4 Å². The van der Waals surface area contributed by atoms with Crippen molar-refractivity contribution in [3.8, 4) is 0 Å². The topological polar surface area (TPSA) is 164 Å². The number of nitrogens with one attached hydrogen (secondary N) is 5. The minimum Gasteiger partial charge on any atom is -0.479 e. The van der Waals surface area contributed by atoms with E-state index >= 15 is 0 Å². The lowest BCUT2D eigenvalue weighted by Crippen LogP contribution is -2.56. The highest BCUT2D eigenvalue weighted by molar-refractivity contribution is 9.11. The Morgan fingerprint density at radius 2 is 1.98 bits per heavy atom. The second-order valence-electron chi connectivity index (χ2n) is 13.1. The molecule has 4 heterocycles. The van der Waals surface area contributed by atoms with E-state index in [1.165, 1.54) is 4.90 Å². The lowest BCUT2D eigenvalue weighted by molar-refractivity contribution is -0.145. The third-order valence-corrected chi connectivity index (χ3v) is 11.2. The van der Waals surface area contributed by atoms with Gasteiger partial charge in [-0.1, -0.05) is 40.9 Å². The fourth-order valence-electron chi connectivity index (χ4n) is 6.31. The van der Waals surface area contributed by atoms with Crippen LogP contribution in [0, 0.1) is 5.92 Å². The Balaban J connectivity index is 1.37. The van der Waals surface area contributed by atoms with Gasteiger partial charge in [0.25, 0.3) is 0 Å². The highest BCUT2D eigenvalue weighted by Crippen LogP contribution is 2.45. The number of hydrogen-bond donors (Lipinski definition) is 6. The number of nitrogens with zero attached hydrogens (tertiary/aromatic N) is 2. The zero-order valence-electron chi connectivity index (χ0n) is 24.9. The van der Waals surface area contributed by atoms with Crippen molar-refractivity contribution in [1.29, 1.82) is 0 Å². The number of hydrogen-bond acceptors (Lipinski definition) is 10.